The van der Waals surface area contributed by atoms with Crippen LogP contribution >= 0.6 is 22.9 Å². The molecule has 0 radical (unpaired) electrons. The molecule has 0 spiro atoms. The smallest absolute Gasteiger partial charge is 0.226 e. The molecule has 0 unspecified atom stereocenters. The van der Waals surface area contributed by atoms with E-state index in [-0.39, 0.29) is 12.3 Å². The van der Waals surface area contributed by atoms with Crippen LogP contribution in [0.5, 0.6) is 0 Å². The summed E-state index contributed by atoms with van der Waals surface area (Å²) in [5.41, 5.74) is 3.95. The van der Waals surface area contributed by atoms with Gasteiger partial charge in [-0.15, -0.1) is 11.3 Å². The average Bonchev–Trinajstić information content (AvgIpc) is 3.03. The number of aromatic nitrogens is 1. The number of nitrogens with zero attached hydrogens (tertiary/aromatic N) is 1. The quantitative estimate of drug-likeness (QED) is 0.724. The Hall–Kier alpha value is -2.17. The predicted molar refractivity (Wildman–Crippen MR) is 99.3 cm³/mol. The molecule has 1 heterocycles. The van der Waals surface area contributed by atoms with Gasteiger partial charge in [0.05, 0.1) is 17.1 Å². The molecular formula is C19H17ClN2OS. The van der Waals surface area contributed by atoms with Crippen LogP contribution in [0.2, 0.25) is 5.02 Å². The highest BCUT2D eigenvalue weighted by Crippen LogP contribution is 2.30. The first-order valence-corrected chi connectivity index (χ1v) is 8.89. The number of halogens is 1. The number of carbonyl (C=O) groups is 1. The minimum absolute atomic E-state index is 0.0356. The van der Waals surface area contributed by atoms with E-state index in [9.17, 15) is 4.79 Å². The minimum Gasteiger partial charge on any atom is -0.352 e. The normalized spacial score (nSPS) is 10.6. The van der Waals surface area contributed by atoms with Crippen molar-refractivity contribution < 1.29 is 4.79 Å². The molecule has 0 aliphatic carbocycles. The molecule has 2 aromatic carbocycles. The first-order valence-electron chi connectivity index (χ1n) is 7.63. The van der Waals surface area contributed by atoms with Crippen molar-refractivity contribution in [3.05, 3.63) is 75.8 Å². The molecule has 0 fully saturated rings. The second kappa shape index (κ2) is 7.60. The summed E-state index contributed by atoms with van der Waals surface area (Å²) in [6.45, 7) is 2.57. The second-order valence-electron chi connectivity index (χ2n) is 5.56. The number of hydrogen-bond donors (Lipinski definition) is 1. The fraction of sp³-hybridized carbons (Fsp3) is 0.158. The Morgan fingerprint density at radius 1 is 1.17 bits per heavy atom. The van der Waals surface area contributed by atoms with E-state index in [1.165, 1.54) is 16.9 Å². The molecule has 0 aliphatic rings. The third-order valence-electron chi connectivity index (χ3n) is 3.61. The molecule has 0 atom stereocenters. The molecule has 0 bridgehead atoms. The third-order valence-corrected chi connectivity index (χ3v) is 4.86. The van der Waals surface area contributed by atoms with E-state index >= 15 is 0 Å². The minimum atomic E-state index is -0.0356. The molecule has 122 valence electrons. The van der Waals surface area contributed by atoms with Crippen molar-refractivity contribution in [3.8, 4) is 10.6 Å². The zero-order valence-electron chi connectivity index (χ0n) is 13.3. The van der Waals surface area contributed by atoms with Gasteiger partial charge in [0.25, 0.3) is 0 Å². The van der Waals surface area contributed by atoms with Crippen LogP contribution in [-0.2, 0) is 17.8 Å². The summed E-state index contributed by atoms with van der Waals surface area (Å²) in [5.74, 6) is -0.0356. The summed E-state index contributed by atoms with van der Waals surface area (Å²) in [7, 11) is 0. The van der Waals surface area contributed by atoms with Crippen LogP contribution in [0.15, 0.2) is 53.9 Å². The van der Waals surface area contributed by atoms with Crippen LogP contribution in [0.4, 0.5) is 0 Å². The second-order valence-corrected chi connectivity index (χ2v) is 6.83. The van der Waals surface area contributed by atoms with Gasteiger partial charge in [-0.05, 0) is 18.6 Å². The van der Waals surface area contributed by atoms with E-state index in [2.05, 4.69) is 10.3 Å². The van der Waals surface area contributed by atoms with Gasteiger partial charge in [-0.1, -0.05) is 59.6 Å². The maximum atomic E-state index is 12.1. The van der Waals surface area contributed by atoms with Crippen molar-refractivity contribution in [3.63, 3.8) is 0 Å². The summed E-state index contributed by atoms with van der Waals surface area (Å²) in [4.78, 5) is 16.6. The summed E-state index contributed by atoms with van der Waals surface area (Å²) < 4.78 is 0. The van der Waals surface area contributed by atoms with Gasteiger partial charge in [-0.25, -0.2) is 4.98 Å². The number of carbonyl (C=O) groups excluding carboxylic acids is 1. The maximum absolute atomic E-state index is 12.1. The topological polar surface area (TPSA) is 42.0 Å². The lowest BCUT2D eigenvalue weighted by atomic mass is 10.1. The maximum Gasteiger partial charge on any atom is 0.226 e. The first kappa shape index (κ1) is 16.7. The predicted octanol–water partition coefficient (Wildman–Crippen LogP) is 4.63. The largest absolute Gasteiger partial charge is 0.352 e. The molecule has 3 nitrogen and oxygen atoms in total. The molecule has 1 N–H and O–H groups in total. The van der Waals surface area contributed by atoms with Crippen LogP contribution in [0, 0.1) is 6.92 Å². The first-order chi connectivity index (χ1) is 11.6. The Bertz CT molecular complexity index is 843. The Balaban J connectivity index is 1.59. The Kier molecular flexibility index (Phi) is 5.28. The van der Waals surface area contributed by atoms with E-state index < -0.39 is 0 Å². The fourth-order valence-corrected chi connectivity index (χ4v) is 3.42. The van der Waals surface area contributed by atoms with Crippen molar-refractivity contribution in [2.24, 2.45) is 0 Å². The van der Waals surface area contributed by atoms with E-state index in [1.807, 2.05) is 60.8 Å². The molecule has 3 rings (SSSR count). The fourth-order valence-electron chi connectivity index (χ4n) is 2.28. The molecule has 1 amide bonds. The number of benzene rings is 2. The number of amides is 1. The molecule has 0 saturated carbocycles. The lowest BCUT2D eigenvalue weighted by Gasteiger charge is -2.04. The monoisotopic (exact) mass is 356 g/mol. The van der Waals surface area contributed by atoms with Crippen molar-refractivity contribution >= 4 is 28.8 Å². The van der Waals surface area contributed by atoms with Gasteiger partial charge in [0.2, 0.25) is 5.91 Å². The average molecular weight is 357 g/mol. The highest BCUT2D eigenvalue weighted by molar-refractivity contribution is 7.13. The highest BCUT2D eigenvalue weighted by atomic mass is 35.5. The Labute approximate surface area is 150 Å². The summed E-state index contributed by atoms with van der Waals surface area (Å²) in [5, 5.41) is 6.34. The van der Waals surface area contributed by atoms with E-state index in [1.54, 1.807) is 0 Å². The lowest BCUT2D eigenvalue weighted by molar-refractivity contribution is -0.120. The van der Waals surface area contributed by atoms with Crippen LogP contribution in [-0.4, -0.2) is 10.9 Å². The summed E-state index contributed by atoms with van der Waals surface area (Å²) in [6.07, 6.45) is 0.271. The lowest BCUT2D eigenvalue weighted by Crippen LogP contribution is -2.24. The van der Waals surface area contributed by atoms with Gasteiger partial charge in [-0.3, -0.25) is 4.79 Å². The molecule has 0 aliphatic heterocycles. The van der Waals surface area contributed by atoms with Gasteiger partial charge in [-0.2, -0.15) is 0 Å². The molecule has 5 heteroatoms. The standard InChI is InChI=1S/C19H17ClN2OS/c1-13-6-8-14(9-7-13)11-21-18(23)10-15-12-24-19(22-15)16-4-2-3-5-17(16)20/h2-9,12H,10-11H2,1H3,(H,21,23). The Morgan fingerprint density at radius 2 is 1.92 bits per heavy atom. The third kappa shape index (κ3) is 4.22. The van der Waals surface area contributed by atoms with Gasteiger partial charge < -0.3 is 5.32 Å². The van der Waals surface area contributed by atoms with Gasteiger partial charge in [0.15, 0.2) is 0 Å². The van der Waals surface area contributed by atoms with Crippen LogP contribution in [0.25, 0.3) is 10.6 Å². The molecule has 24 heavy (non-hydrogen) atoms. The van der Waals surface area contributed by atoms with Crippen LogP contribution in [0.3, 0.4) is 0 Å². The van der Waals surface area contributed by atoms with E-state index in [0.29, 0.717) is 11.6 Å². The molecule has 1 aromatic heterocycles. The van der Waals surface area contributed by atoms with Gasteiger partial charge in [0.1, 0.15) is 5.01 Å². The number of hydrogen-bond acceptors (Lipinski definition) is 3. The summed E-state index contributed by atoms with van der Waals surface area (Å²) >= 11 is 7.69. The highest BCUT2D eigenvalue weighted by Gasteiger charge is 2.10. The SMILES string of the molecule is Cc1ccc(CNC(=O)Cc2csc(-c3ccccc3Cl)n2)cc1. The molecular weight excluding hydrogens is 340 g/mol. The zero-order chi connectivity index (χ0) is 16.9. The number of thiazole rings is 1. The van der Waals surface area contributed by atoms with Gasteiger partial charge in [0, 0.05) is 17.5 Å². The zero-order valence-corrected chi connectivity index (χ0v) is 14.8. The van der Waals surface area contributed by atoms with E-state index in [4.69, 9.17) is 11.6 Å². The molecule has 0 saturated heterocycles. The molecule has 3 aromatic rings. The summed E-state index contributed by atoms with van der Waals surface area (Å²) in [6, 6.07) is 15.7. The van der Waals surface area contributed by atoms with Gasteiger partial charge >= 0.3 is 0 Å². The van der Waals surface area contributed by atoms with Crippen molar-refractivity contribution in [2.75, 3.05) is 0 Å². The number of aryl methyl sites for hydroxylation is 1. The van der Waals surface area contributed by atoms with E-state index in [0.717, 1.165) is 21.8 Å². The van der Waals surface area contributed by atoms with Crippen LogP contribution < -0.4 is 5.32 Å². The van der Waals surface area contributed by atoms with Crippen molar-refractivity contribution in [1.82, 2.24) is 10.3 Å². The van der Waals surface area contributed by atoms with Crippen molar-refractivity contribution in [1.29, 1.82) is 0 Å². The Morgan fingerprint density at radius 3 is 2.67 bits per heavy atom. The number of nitrogens with one attached hydrogen (secondary N) is 1. The number of rotatable bonds is 5. The van der Waals surface area contributed by atoms with Crippen LogP contribution in [0.1, 0.15) is 16.8 Å². The van der Waals surface area contributed by atoms with Crippen molar-refractivity contribution in [2.45, 2.75) is 19.9 Å².